The molecule has 1 saturated heterocycles. The standard InChI is InChI=1S/C26H23Cl2FN4O5/c1-30(21-12-17(27)11-18(28)13-21)25(34)31(2)24-22(15-3-7-19(29)8-4-15)14-32(26(35)36)23(24)16-5-9-20(10-6-16)33(37)38/h3-13,22-24H,14H2,1-2H3,(H,35,36)/t22-,23?,24-/m0/s1. The van der Waals surface area contributed by atoms with Crippen molar-refractivity contribution >= 4 is 46.7 Å². The van der Waals surface area contributed by atoms with E-state index in [1.54, 1.807) is 38.4 Å². The quantitative estimate of drug-likeness (QED) is 0.286. The minimum atomic E-state index is -1.22. The maximum atomic E-state index is 13.7. The lowest BCUT2D eigenvalue weighted by Gasteiger charge is -2.36. The number of carbonyl (C=O) groups is 2. The van der Waals surface area contributed by atoms with Crippen molar-refractivity contribution in [3.05, 3.63) is 104 Å². The number of carboxylic acid groups (broad SMARTS) is 1. The Labute approximate surface area is 227 Å². The SMILES string of the molecule is CN(C(=O)N(C)[C@@H]1C(c2ccc([N+](=O)[O-])cc2)N(C(=O)O)C[C@H]1c1ccc(F)cc1)c1cc(Cl)cc(Cl)c1. The Hall–Kier alpha value is -3.89. The van der Waals surface area contributed by atoms with Crippen LogP contribution in [0.5, 0.6) is 0 Å². The van der Waals surface area contributed by atoms with Crippen LogP contribution in [-0.2, 0) is 0 Å². The summed E-state index contributed by atoms with van der Waals surface area (Å²) < 4.78 is 13.7. The molecule has 0 bridgehead atoms. The molecular formula is C26H23Cl2FN4O5. The van der Waals surface area contributed by atoms with Crippen LogP contribution in [0.25, 0.3) is 0 Å². The Balaban J connectivity index is 1.80. The molecule has 0 aliphatic carbocycles. The van der Waals surface area contributed by atoms with Crippen LogP contribution in [0.3, 0.4) is 0 Å². The number of nitro benzene ring substituents is 1. The minimum Gasteiger partial charge on any atom is -0.465 e. The predicted molar refractivity (Wildman–Crippen MR) is 142 cm³/mol. The minimum absolute atomic E-state index is 0.0115. The van der Waals surface area contributed by atoms with E-state index in [9.17, 15) is 29.2 Å². The van der Waals surface area contributed by atoms with Gasteiger partial charge in [0, 0.05) is 54.4 Å². The number of halogens is 3. The second-order valence-corrected chi connectivity index (χ2v) is 9.83. The molecule has 9 nitrogen and oxygen atoms in total. The zero-order valence-electron chi connectivity index (χ0n) is 20.3. The number of carbonyl (C=O) groups excluding carboxylic acids is 1. The number of benzene rings is 3. The van der Waals surface area contributed by atoms with E-state index in [0.29, 0.717) is 26.9 Å². The Morgan fingerprint density at radius 1 is 1.00 bits per heavy atom. The average molecular weight is 561 g/mol. The van der Waals surface area contributed by atoms with Crippen LogP contribution in [0.2, 0.25) is 10.0 Å². The van der Waals surface area contributed by atoms with Gasteiger partial charge in [-0.05, 0) is 41.5 Å². The number of urea groups is 1. The highest BCUT2D eigenvalue weighted by molar-refractivity contribution is 6.35. The van der Waals surface area contributed by atoms with Crippen molar-refractivity contribution in [1.29, 1.82) is 0 Å². The molecule has 0 spiro atoms. The number of nitrogens with zero attached hydrogens (tertiary/aromatic N) is 4. The second-order valence-electron chi connectivity index (χ2n) is 8.96. The van der Waals surface area contributed by atoms with Gasteiger partial charge in [-0.2, -0.15) is 0 Å². The summed E-state index contributed by atoms with van der Waals surface area (Å²) >= 11 is 12.3. The molecule has 3 aromatic carbocycles. The van der Waals surface area contributed by atoms with Crippen LogP contribution in [0.1, 0.15) is 23.1 Å². The Bertz CT molecular complexity index is 1350. The van der Waals surface area contributed by atoms with Crippen molar-refractivity contribution in [3.63, 3.8) is 0 Å². The molecule has 1 heterocycles. The van der Waals surface area contributed by atoms with E-state index in [1.165, 1.54) is 57.2 Å². The molecule has 3 atom stereocenters. The molecule has 0 saturated carbocycles. The van der Waals surface area contributed by atoms with Crippen molar-refractivity contribution in [2.24, 2.45) is 0 Å². The number of likely N-dealkylation sites (N-methyl/N-ethyl adjacent to an activating group) is 1. The van der Waals surface area contributed by atoms with E-state index in [0.717, 1.165) is 0 Å². The van der Waals surface area contributed by atoms with Gasteiger partial charge in [0.25, 0.3) is 5.69 Å². The first-order chi connectivity index (χ1) is 18.0. The monoisotopic (exact) mass is 560 g/mol. The molecule has 1 aliphatic heterocycles. The Kier molecular flexibility index (Phi) is 7.75. The van der Waals surface area contributed by atoms with E-state index >= 15 is 0 Å². The number of hydrogen-bond donors (Lipinski definition) is 1. The summed E-state index contributed by atoms with van der Waals surface area (Å²) in [6.07, 6.45) is -1.22. The van der Waals surface area contributed by atoms with Gasteiger partial charge in [0.05, 0.1) is 17.0 Å². The number of hydrogen-bond acceptors (Lipinski definition) is 4. The summed E-state index contributed by atoms with van der Waals surface area (Å²) in [6.45, 7) is 0.0115. The number of non-ortho nitro benzene ring substituents is 1. The molecule has 0 aromatic heterocycles. The molecule has 198 valence electrons. The highest BCUT2D eigenvalue weighted by atomic mass is 35.5. The third kappa shape index (κ3) is 5.36. The van der Waals surface area contributed by atoms with Gasteiger partial charge in [0.1, 0.15) is 5.82 Å². The smallest absolute Gasteiger partial charge is 0.407 e. The van der Waals surface area contributed by atoms with E-state index < -0.39 is 40.9 Å². The van der Waals surface area contributed by atoms with Crippen LogP contribution in [0.4, 0.5) is 25.4 Å². The van der Waals surface area contributed by atoms with Gasteiger partial charge in [-0.1, -0.05) is 47.5 Å². The zero-order chi connectivity index (χ0) is 27.7. The lowest BCUT2D eigenvalue weighted by molar-refractivity contribution is -0.384. The zero-order valence-corrected chi connectivity index (χ0v) is 21.8. The van der Waals surface area contributed by atoms with Crippen molar-refractivity contribution in [2.45, 2.75) is 18.0 Å². The largest absolute Gasteiger partial charge is 0.465 e. The number of likely N-dealkylation sites (tertiary alicyclic amines) is 1. The first-order valence-electron chi connectivity index (χ1n) is 11.4. The highest BCUT2D eigenvalue weighted by Crippen LogP contribution is 2.44. The third-order valence-corrected chi connectivity index (χ3v) is 7.16. The summed E-state index contributed by atoms with van der Waals surface area (Å²) in [4.78, 5) is 40.7. The summed E-state index contributed by atoms with van der Waals surface area (Å²) in [6, 6.07) is 13.8. The molecular weight excluding hydrogens is 538 g/mol. The lowest BCUT2D eigenvalue weighted by atomic mass is 9.87. The highest BCUT2D eigenvalue weighted by Gasteiger charge is 2.49. The van der Waals surface area contributed by atoms with E-state index in [1.807, 2.05) is 0 Å². The molecule has 3 aromatic rings. The number of anilines is 1. The lowest BCUT2D eigenvalue weighted by Crippen LogP contribution is -2.48. The molecule has 38 heavy (non-hydrogen) atoms. The fourth-order valence-electron chi connectivity index (χ4n) is 4.91. The van der Waals surface area contributed by atoms with Crippen molar-refractivity contribution in [2.75, 3.05) is 25.5 Å². The summed E-state index contributed by atoms with van der Waals surface area (Å²) in [5, 5.41) is 21.9. The molecule has 3 amide bonds. The maximum Gasteiger partial charge on any atom is 0.407 e. The Morgan fingerprint density at radius 2 is 1.55 bits per heavy atom. The molecule has 1 unspecified atom stereocenters. The summed E-state index contributed by atoms with van der Waals surface area (Å²) in [7, 11) is 3.09. The molecule has 12 heteroatoms. The molecule has 1 fully saturated rings. The average Bonchev–Trinajstić information content (AvgIpc) is 3.28. The van der Waals surface area contributed by atoms with Gasteiger partial charge in [0.2, 0.25) is 0 Å². The molecule has 1 aliphatic rings. The van der Waals surface area contributed by atoms with E-state index in [2.05, 4.69) is 0 Å². The van der Waals surface area contributed by atoms with Gasteiger partial charge in [-0.15, -0.1) is 0 Å². The van der Waals surface area contributed by atoms with Crippen LogP contribution in [-0.4, -0.2) is 58.6 Å². The maximum absolute atomic E-state index is 13.7. The second kappa shape index (κ2) is 10.8. The van der Waals surface area contributed by atoms with Crippen molar-refractivity contribution in [3.8, 4) is 0 Å². The number of amides is 3. The molecule has 0 radical (unpaired) electrons. The fourth-order valence-corrected chi connectivity index (χ4v) is 5.42. The fraction of sp³-hybridized carbons (Fsp3) is 0.231. The molecule has 1 N–H and O–H groups in total. The third-order valence-electron chi connectivity index (χ3n) is 6.72. The van der Waals surface area contributed by atoms with Gasteiger partial charge in [-0.25, -0.2) is 14.0 Å². The topological polar surface area (TPSA) is 107 Å². The first kappa shape index (κ1) is 27.2. The van der Waals surface area contributed by atoms with Crippen LogP contribution in [0, 0.1) is 15.9 Å². The van der Waals surface area contributed by atoms with Crippen molar-refractivity contribution < 1.29 is 24.0 Å². The Morgan fingerprint density at radius 3 is 2.08 bits per heavy atom. The summed E-state index contributed by atoms with van der Waals surface area (Å²) in [5.41, 5.74) is 1.39. The van der Waals surface area contributed by atoms with E-state index in [-0.39, 0.29) is 12.2 Å². The van der Waals surface area contributed by atoms with Gasteiger partial charge in [-0.3, -0.25) is 19.9 Å². The van der Waals surface area contributed by atoms with Crippen LogP contribution in [0.15, 0.2) is 66.7 Å². The first-order valence-corrected chi connectivity index (χ1v) is 12.2. The van der Waals surface area contributed by atoms with Gasteiger partial charge >= 0.3 is 12.1 Å². The van der Waals surface area contributed by atoms with Gasteiger partial charge < -0.3 is 10.0 Å². The summed E-state index contributed by atoms with van der Waals surface area (Å²) in [5.74, 6) is -0.982. The predicted octanol–water partition coefficient (Wildman–Crippen LogP) is 6.42. The number of nitro groups is 1. The van der Waals surface area contributed by atoms with Gasteiger partial charge in [0.15, 0.2) is 0 Å². The van der Waals surface area contributed by atoms with E-state index in [4.69, 9.17) is 23.2 Å². The number of rotatable bonds is 5. The van der Waals surface area contributed by atoms with Crippen LogP contribution >= 0.6 is 23.2 Å². The normalized spacial score (nSPS) is 18.8. The van der Waals surface area contributed by atoms with Crippen molar-refractivity contribution in [1.82, 2.24) is 9.80 Å². The molecule has 4 rings (SSSR count). The van der Waals surface area contributed by atoms with Crippen LogP contribution < -0.4 is 4.90 Å².